The van der Waals surface area contributed by atoms with E-state index >= 15 is 0 Å². The molecular formula is C23H27NO2. The summed E-state index contributed by atoms with van der Waals surface area (Å²) in [7, 11) is 0. The second-order valence-corrected chi connectivity index (χ2v) is 7.94. The molecule has 2 aromatic rings. The second-order valence-electron chi connectivity index (χ2n) is 7.94. The number of hydrogen-bond acceptors (Lipinski definition) is 3. The van der Waals surface area contributed by atoms with Crippen molar-refractivity contribution in [3.05, 3.63) is 77.0 Å². The van der Waals surface area contributed by atoms with Crippen LogP contribution in [0.4, 0.5) is 0 Å². The van der Waals surface area contributed by atoms with Crippen molar-refractivity contribution >= 4 is 5.57 Å². The van der Waals surface area contributed by atoms with Gasteiger partial charge in [-0.1, -0.05) is 68.4 Å². The summed E-state index contributed by atoms with van der Waals surface area (Å²) in [5, 5.41) is 3.62. The van der Waals surface area contributed by atoms with Crippen LogP contribution in [0.2, 0.25) is 0 Å². The Morgan fingerprint density at radius 1 is 1.08 bits per heavy atom. The summed E-state index contributed by atoms with van der Waals surface area (Å²) in [6.45, 7) is 7.40. The van der Waals surface area contributed by atoms with Crippen molar-refractivity contribution in [3.8, 4) is 0 Å². The van der Waals surface area contributed by atoms with Crippen molar-refractivity contribution in [2.75, 3.05) is 13.2 Å². The first-order valence-corrected chi connectivity index (χ1v) is 9.41. The summed E-state index contributed by atoms with van der Waals surface area (Å²) in [5.41, 5.74) is 6.55. The summed E-state index contributed by atoms with van der Waals surface area (Å²) in [6.07, 6.45) is 1.08. The van der Waals surface area contributed by atoms with Crippen LogP contribution in [0.1, 0.15) is 37.0 Å². The van der Waals surface area contributed by atoms with Gasteiger partial charge in [-0.15, -0.1) is 0 Å². The van der Waals surface area contributed by atoms with Gasteiger partial charge in [-0.3, -0.25) is 0 Å². The van der Waals surface area contributed by atoms with Gasteiger partial charge >= 0.3 is 0 Å². The fraction of sp³-hybridized carbons (Fsp3) is 0.391. The van der Waals surface area contributed by atoms with E-state index in [4.69, 9.17) is 9.47 Å². The first-order chi connectivity index (χ1) is 12.6. The van der Waals surface area contributed by atoms with Crippen LogP contribution in [-0.4, -0.2) is 19.3 Å². The predicted molar refractivity (Wildman–Crippen MR) is 104 cm³/mol. The lowest BCUT2D eigenvalue weighted by Crippen LogP contribution is -2.41. The van der Waals surface area contributed by atoms with Crippen molar-refractivity contribution in [2.24, 2.45) is 5.41 Å². The highest BCUT2D eigenvalue weighted by Gasteiger charge is 2.36. The third-order valence-corrected chi connectivity index (χ3v) is 5.47. The van der Waals surface area contributed by atoms with Crippen LogP contribution in [0.5, 0.6) is 0 Å². The maximum Gasteiger partial charge on any atom is 0.0743 e. The number of ether oxygens (including phenoxy) is 2. The van der Waals surface area contributed by atoms with E-state index in [1.807, 2.05) is 6.07 Å². The van der Waals surface area contributed by atoms with Crippen molar-refractivity contribution in [1.82, 2.24) is 5.32 Å². The average Bonchev–Trinajstić information content (AvgIpc) is 2.68. The molecule has 3 nitrogen and oxygen atoms in total. The molecule has 0 aliphatic carbocycles. The highest BCUT2D eigenvalue weighted by atomic mass is 16.5. The van der Waals surface area contributed by atoms with E-state index in [1.54, 1.807) is 0 Å². The van der Waals surface area contributed by atoms with Gasteiger partial charge in [0.05, 0.1) is 25.9 Å². The van der Waals surface area contributed by atoms with Gasteiger partial charge in [-0.25, -0.2) is 0 Å². The summed E-state index contributed by atoms with van der Waals surface area (Å²) in [5.74, 6) is 0. The average molecular weight is 349 g/mol. The molecule has 1 atom stereocenters. The van der Waals surface area contributed by atoms with Gasteiger partial charge < -0.3 is 14.8 Å². The van der Waals surface area contributed by atoms with Gasteiger partial charge in [0.15, 0.2) is 0 Å². The summed E-state index contributed by atoms with van der Waals surface area (Å²) >= 11 is 0. The predicted octanol–water partition coefficient (Wildman–Crippen LogP) is 4.53. The van der Waals surface area contributed by atoms with Gasteiger partial charge in [0.25, 0.3) is 0 Å². The Kier molecular flexibility index (Phi) is 4.84. The number of hydrogen-bond donors (Lipinski definition) is 1. The van der Waals surface area contributed by atoms with E-state index in [-0.39, 0.29) is 11.5 Å². The lowest BCUT2D eigenvalue weighted by Gasteiger charge is -2.40. The maximum atomic E-state index is 6.29. The van der Waals surface area contributed by atoms with Crippen LogP contribution in [0.3, 0.4) is 0 Å². The van der Waals surface area contributed by atoms with E-state index in [9.17, 15) is 0 Å². The monoisotopic (exact) mass is 349 g/mol. The molecule has 2 aromatic carbocycles. The minimum atomic E-state index is -0.0358. The van der Waals surface area contributed by atoms with Crippen molar-refractivity contribution in [3.63, 3.8) is 0 Å². The van der Waals surface area contributed by atoms with E-state index in [1.165, 1.54) is 28.0 Å². The van der Waals surface area contributed by atoms with Crippen LogP contribution >= 0.6 is 0 Å². The highest BCUT2D eigenvalue weighted by Crippen LogP contribution is 2.38. The zero-order valence-electron chi connectivity index (χ0n) is 15.6. The molecule has 1 N–H and O–H groups in total. The third kappa shape index (κ3) is 3.55. The molecule has 0 saturated heterocycles. The minimum absolute atomic E-state index is 0.0358. The van der Waals surface area contributed by atoms with Crippen LogP contribution < -0.4 is 5.32 Å². The summed E-state index contributed by atoms with van der Waals surface area (Å²) < 4.78 is 12.3. The molecule has 0 radical (unpaired) electrons. The Labute approximate surface area is 156 Å². The van der Waals surface area contributed by atoms with Gasteiger partial charge in [-0.05, 0) is 16.7 Å². The smallest absolute Gasteiger partial charge is 0.0743 e. The standard InChI is InChI=1S/C23H27NO2/c1-23(2,16-25-14-17-8-4-3-5-9-17)22-12-21-20(15-26-22)19-11-7-6-10-18(19)13-24-21/h3-11,22,24H,12-16H2,1-2H3. The lowest BCUT2D eigenvalue weighted by molar-refractivity contribution is -0.0637. The Morgan fingerprint density at radius 3 is 2.69 bits per heavy atom. The number of benzene rings is 2. The second kappa shape index (κ2) is 7.26. The lowest BCUT2D eigenvalue weighted by atomic mass is 9.81. The molecule has 0 saturated carbocycles. The van der Waals surface area contributed by atoms with Crippen LogP contribution in [0.15, 0.2) is 60.3 Å². The summed E-state index contributed by atoms with van der Waals surface area (Å²) in [6, 6.07) is 19.0. The quantitative estimate of drug-likeness (QED) is 0.860. The van der Waals surface area contributed by atoms with Gasteiger partial charge in [0.2, 0.25) is 0 Å². The highest BCUT2D eigenvalue weighted by molar-refractivity contribution is 5.73. The first kappa shape index (κ1) is 17.3. The Balaban J connectivity index is 1.41. The van der Waals surface area contributed by atoms with E-state index in [0.29, 0.717) is 19.8 Å². The van der Waals surface area contributed by atoms with E-state index < -0.39 is 0 Å². The molecule has 26 heavy (non-hydrogen) atoms. The van der Waals surface area contributed by atoms with Crippen LogP contribution in [-0.2, 0) is 22.6 Å². The molecule has 0 fully saturated rings. The van der Waals surface area contributed by atoms with Gasteiger partial charge in [-0.2, -0.15) is 0 Å². The molecule has 2 aliphatic heterocycles. The van der Waals surface area contributed by atoms with Crippen molar-refractivity contribution in [2.45, 2.75) is 39.5 Å². The molecular weight excluding hydrogens is 322 g/mol. The van der Waals surface area contributed by atoms with Crippen LogP contribution in [0.25, 0.3) is 5.57 Å². The topological polar surface area (TPSA) is 30.5 Å². The van der Waals surface area contributed by atoms with Crippen molar-refractivity contribution < 1.29 is 9.47 Å². The van der Waals surface area contributed by atoms with Gasteiger partial charge in [0.1, 0.15) is 0 Å². The molecule has 2 aliphatic rings. The SMILES string of the molecule is CC(C)(COCc1ccccc1)C1CC2=C(CO1)c1ccccc1CN2. The Bertz CT molecular complexity index is 795. The molecule has 2 heterocycles. The van der Waals surface area contributed by atoms with E-state index in [0.717, 1.165) is 13.0 Å². The Morgan fingerprint density at radius 2 is 1.85 bits per heavy atom. The zero-order chi connectivity index (χ0) is 18.0. The Hall–Kier alpha value is -2.10. The molecule has 0 amide bonds. The zero-order valence-corrected chi connectivity index (χ0v) is 15.6. The molecule has 0 bridgehead atoms. The number of nitrogens with one attached hydrogen (secondary N) is 1. The van der Waals surface area contributed by atoms with E-state index in [2.05, 4.69) is 67.7 Å². The fourth-order valence-electron chi connectivity index (χ4n) is 3.83. The normalized spacial score (nSPS) is 19.5. The van der Waals surface area contributed by atoms with Crippen molar-refractivity contribution in [1.29, 1.82) is 0 Å². The number of rotatable bonds is 5. The largest absolute Gasteiger partial charge is 0.384 e. The minimum Gasteiger partial charge on any atom is -0.384 e. The molecule has 136 valence electrons. The molecule has 1 unspecified atom stereocenters. The fourth-order valence-corrected chi connectivity index (χ4v) is 3.83. The maximum absolute atomic E-state index is 6.29. The number of fused-ring (bicyclic) bond motifs is 2. The third-order valence-electron chi connectivity index (χ3n) is 5.47. The molecule has 3 heteroatoms. The van der Waals surface area contributed by atoms with Gasteiger partial charge in [0, 0.05) is 29.7 Å². The summed E-state index contributed by atoms with van der Waals surface area (Å²) in [4.78, 5) is 0. The molecule has 4 rings (SSSR count). The molecule has 0 aromatic heterocycles. The molecule has 0 spiro atoms. The first-order valence-electron chi connectivity index (χ1n) is 9.41. The van der Waals surface area contributed by atoms with Crippen LogP contribution in [0, 0.1) is 5.41 Å².